The summed E-state index contributed by atoms with van der Waals surface area (Å²) >= 11 is 5.97. The van der Waals surface area contributed by atoms with Gasteiger partial charge in [-0.3, -0.25) is 9.80 Å². The Morgan fingerprint density at radius 3 is 2.30 bits per heavy atom. The summed E-state index contributed by atoms with van der Waals surface area (Å²) in [5, 5.41) is 8.36. The van der Waals surface area contributed by atoms with Crippen molar-refractivity contribution in [3.63, 3.8) is 0 Å². The second-order valence-corrected chi connectivity index (χ2v) is 14.3. The number of nitrogens with zero attached hydrogens (tertiary/aromatic N) is 7. The van der Waals surface area contributed by atoms with Gasteiger partial charge in [0.25, 0.3) is 0 Å². The van der Waals surface area contributed by atoms with Crippen molar-refractivity contribution >= 4 is 29.1 Å². The molecule has 2 aliphatic rings. The molecule has 0 aliphatic carbocycles. The van der Waals surface area contributed by atoms with Crippen molar-refractivity contribution in [1.29, 1.82) is 0 Å². The van der Waals surface area contributed by atoms with Crippen LogP contribution in [0.3, 0.4) is 0 Å². The summed E-state index contributed by atoms with van der Waals surface area (Å²) in [6.45, 7) is 5.21. The molecule has 0 N–H and O–H groups in total. The fraction of sp³-hybridized carbons (Fsp3) is 0.244. The molecule has 1 atom stereocenters. The number of piperazine rings is 1. The summed E-state index contributed by atoms with van der Waals surface area (Å²) in [5.41, 5.74) is 5.92. The number of hydrogen-bond acceptors (Lipinski definition) is 7. The van der Waals surface area contributed by atoms with Crippen molar-refractivity contribution in [1.82, 2.24) is 24.5 Å². The normalized spacial score (nSPS) is 16.3. The van der Waals surface area contributed by atoms with Crippen LogP contribution in [-0.2, 0) is 17.8 Å². The molecule has 0 radical (unpaired) electrons. The van der Waals surface area contributed by atoms with Crippen LogP contribution >= 0.6 is 11.6 Å². The van der Waals surface area contributed by atoms with E-state index in [9.17, 15) is 22.4 Å². The van der Waals surface area contributed by atoms with Gasteiger partial charge in [0.1, 0.15) is 29.2 Å². The van der Waals surface area contributed by atoms with Crippen molar-refractivity contribution in [2.45, 2.75) is 32.5 Å². The SMILES string of the molecule is Cc1c(CN2CCN(c3ccc(N4C[C@H](Cn5cc(-c6ccccc6)nn5)OC4=O)cc3F)CC2)cc(-c2ccc(Cl)c(F)c2)n1-c1ccc(OC(F)(F)F)cc1. The lowest BCUT2D eigenvalue weighted by atomic mass is 10.1. The largest absolute Gasteiger partial charge is 0.573 e. The van der Waals surface area contributed by atoms with E-state index in [1.54, 1.807) is 29.1 Å². The van der Waals surface area contributed by atoms with Crippen LogP contribution in [-0.4, -0.2) is 75.7 Å². The smallest absolute Gasteiger partial charge is 0.442 e. The zero-order valence-electron chi connectivity index (χ0n) is 30.5. The van der Waals surface area contributed by atoms with E-state index >= 15 is 4.39 Å². The minimum Gasteiger partial charge on any atom is -0.442 e. The number of alkyl halides is 3. The van der Waals surface area contributed by atoms with Crippen LogP contribution in [0.1, 0.15) is 11.3 Å². The molecule has 2 saturated heterocycles. The van der Waals surface area contributed by atoms with Crippen molar-refractivity contribution < 1.29 is 36.2 Å². The van der Waals surface area contributed by atoms with Gasteiger partial charge in [0, 0.05) is 55.2 Å². The number of rotatable bonds is 10. The number of anilines is 2. The molecule has 1 amide bonds. The first-order chi connectivity index (χ1) is 27.4. The number of benzene rings is 4. The lowest BCUT2D eigenvalue weighted by Crippen LogP contribution is -2.46. The van der Waals surface area contributed by atoms with Crippen LogP contribution in [0.4, 0.5) is 38.1 Å². The summed E-state index contributed by atoms with van der Waals surface area (Å²) in [6, 6.07) is 26.2. The first kappa shape index (κ1) is 38.0. The highest BCUT2D eigenvalue weighted by atomic mass is 35.5. The van der Waals surface area contributed by atoms with E-state index in [-0.39, 0.29) is 17.3 Å². The Bertz CT molecular complexity index is 2400. The molecule has 0 spiro atoms. The molecule has 10 nitrogen and oxygen atoms in total. The number of carbonyl (C=O) groups is 1. The molecule has 0 unspecified atom stereocenters. The van der Waals surface area contributed by atoms with Gasteiger partial charge in [0.2, 0.25) is 0 Å². The van der Waals surface area contributed by atoms with E-state index in [1.807, 2.05) is 52.8 Å². The average molecular weight is 804 g/mol. The minimum atomic E-state index is -4.83. The van der Waals surface area contributed by atoms with Gasteiger partial charge in [0.05, 0.1) is 41.4 Å². The number of aromatic nitrogens is 4. The molecule has 2 aromatic heterocycles. The number of cyclic esters (lactones) is 1. The van der Waals surface area contributed by atoms with Gasteiger partial charge in [-0.2, -0.15) is 0 Å². The van der Waals surface area contributed by atoms with E-state index in [2.05, 4.69) is 19.9 Å². The molecule has 2 aliphatic heterocycles. The van der Waals surface area contributed by atoms with Crippen molar-refractivity contribution in [2.75, 3.05) is 42.5 Å². The number of amides is 1. The van der Waals surface area contributed by atoms with E-state index in [0.717, 1.165) is 16.8 Å². The fourth-order valence-corrected chi connectivity index (χ4v) is 7.41. The van der Waals surface area contributed by atoms with Gasteiger partial charge < -0.3 is 18.9 Å². The maximum Gasteiger partial charge on any atom is 0.573 e. The van der Waals surface area contributed by atoms with Crippen molar-refractivity contribution in [3.05, 3.63) is 131 Å². The Hall–Kier alpha value is -5.93. The van der Waals surface area contributed by atoms with Gasteiger partial charge in [-0.1, -0.05) is 53.2 Å². The fourth-order valence-electron chi connectivity index (χ4n) is 7.29. The maximum atomic E-state index is 15.7. The Morgan fingerprint density at radius 2 is 1.60 bits per heavy atom. The lowest BCUT2D eigenvalue weighted by Gasteiger charge is -2.36. The Kier molecular flexibility index (Phi) is 10.4. The molecule has 8 rings (SSSR count). The molecular weight excluding hydrogens is 769 g/mol. The van der Waals surface area contributed by atoms with Crippen LogP contribution < -0.4 is 14.5 Å². The van der Waals surface area contributed by atoms with Gasteiger partial charge in [-0.15, -0.1) is 18.3 Å². The van der Waals surface area contributed by atoms with Gasteiger partial charge >= 0.3 is 12.5 Å². The highest BCUT2D eigenvalue weighted by Crippen LogP contribution is 2.34. The summed E-state index contributed by atoms with van der Waals surface area (Å²) in [6.07, 6.45) is -4.10. The highest BCUT2D eigenvalue weighted by molar-refractivity contribution is 6.30. The van der Waals surface area contributed by atoms with Crippen molar-refractivity contribution in [2.24, 2.45) is 0 Å². The molecular formula is C41H35ClF5N7O3. The summed E-state index contributed by atoms with van der Waals surface area (Å²) in [5.74, 6) is -1.42. The minimum absolute atomic E-state index is 0.0315. The molecule has 0 saturated carbocycles. The van der Waals surface area contributed by atoms with Gasteiger partial charge in [-0.25, -0.2) is 18.3 Å². The number of halogens is 6. The third kappa shape index (κ3) is 8.30. The van der Waals surface area contributed by atoms with Crippen LogP contribution in [0.25, 0.3) is 28.2 Å². The van der Waals surface area contributed by atoms with Crippen molar-refractivity contribution in [3.8, 4) is 34.0 Å². The zero-order valence-corrected chi connectivity index (χ0v) is 31.2. The van der Waals surface area contributed by atoms with E-state index in [1.165, 1.54) is 47.4 Å². The number of ether oxygens (including phenoxy) is 2. The van der Waals surface area contributed by atoms with E-state index in [0.29, 0.717) is 73.3 Å². The Balaban J connectivity index is 0.925. The topological polar surface area (TPSA) is 80.9 Å². The quantitative estimate of drug-likeness (QED) is 0.128. The van der Waals surface area contributed by atoms with Crippen LogP contribution in [0.15, 0.2) is 103 Å². The van der Waals surface area contributed by atoms with Gasteiger partial charge in [-0.05, 0) is 73.2 Å². The maximum absolute atomic E-state index is 15.7. The molecule has 16 heteroatoms. The zero-order chi connectivity index (χ0) is 39.8. The molecule has 2 fully saturated rings. The number of hydrogen-bond donors (Lipinski definition) is 0. The standard InChI is InChI=1S/C41H35ClF5N7O3/c1-26-29(20-39(28-7-13-34(42)35(43)19-28)54(26)30-8-11-32(12-9-30)57-41(45,46)47)22-50-15-17-51(18-16-50)38-14-10-31(21-36(38)44)53-24-33(56-40(53)55)23-52-25-37(48-49-52)27-5-3-2-4-6-27/h2-14,19-21,25,33H,15-18,22-24H2,1H3/t33-/m0/s1. The molecule has 4 heterocycles. The summed E-state index contributed by atoms with van der Waals surface area (Å²) in [4.78, 5) is 18.4. The molecule has 4 aromatic carbocycles. The lowest BCUT2D eigenvalue weighted by molar-refractivity contribution is -0.274. The van der Waals surface area contributed by atoms with Gasteiger partial charge in [0.15, 0.2) is 0 Å². The molecule has 294 valence electrons. The molecule has 0 bridgehead atoms. The average Bonchev–Trinajstić information content (AvgIpc) is 3.90. The predicted octanol–water partition coefficient (Wildman–Crippen LogP) is 8.89. The van der Waals surface area contributed by atoms with Crippen LogP contribution in [0, 0.1) is 18.6 Å². The second kappa shape index (κ2) is 15.5. The van der Waals surface area contributed by atoms with Crippen LogP contribution in [0.2, 0.25) is 5.02 Å². The van der Waals surface area contributed by atoms with Crippen LogP contribution in [0.5, 0.6) is 5.75 Å². The highest BCUT2D eigenvalue weighted by Gasteiger charge is 2.34. The first-order valence-electron chi connectivity index (χ1n) is 18.1. The summed E-state index contributed by atoms with van der Waals surface area (Å²) in [7, 11) is 0. The Morgan fingerprint density at radius 1 is 0.860 bits per heavy atom. The van der Waals surface area contributed by atoms with E-state index < -0.39 is 30.2 Å². The monoisotopic (exact) mass is 803 g/mol. The predicted molar refractivity (Wildman–Crippen MR) is 205 cm³/mol. The third-order valence-corrected chi connectivity index (χ3v) is 10.4. The first-order valence-corrected chi connectivity index (χ1v) is 18.5. The summed E-state index contributed by atoms with van der Waals surface area (Å²) < 4.78 is 81.9. The Labute approximate surface area is 329 Å². The number of carbonyl (C=O) groups excluding carboxylic acids is 1. The molecule has 57 heavy (non-hydrogen) atoms. The van der Waals surface area contributed by atoms with E-state index in [4.69, 9.17) is 16.3 Å². The second-order valence-electron chi connectivity index (χ2n) is 13.9. The third-order valence-electron chi connectivity index (χ3n) is 10.1. The molecule has 6 aromatic rings.